The number of aromatic nitrogens is 7. The van der Waals surface area contributed by atoms with Gasteiger partial charge in [0.25, 0.3) is 0 Å². The summed E-state index contributed by atoms with van der Waals surface area (Å²) in [6, 6.07) is 6.12. The monoisotopic (exact) mass is 680 g/mol. The summed E-state index contributed by atoms with van der Waals surface area (Å²) in [6.45, 7) is 5.22. The lowest BCUT2D eigenvalue weighted by Gasteiger charge is -2.42. The van der Waals surface area contributed by atoms with E-state index in [-0.39, 0.29) is 24.5 Å². The van der Waals surface area contributed by atoms with Gasteiger partial charge in [0.15, 0.2) is 5.65 Å². The highest BCUT2D eigenvalue weighted by Gasteiger charge is 2.43. The minimum atomic E-state index is -4.35. The third-order valence-corrected chi connectivity index (χ3v) is 10.4. The molecule has 4 aliphatic heterocycles. The molecule has 0 aliphatic carbocycles. The summed E-state index contributed by atoms with van der Waals surface area (Å²) in [5, 5.41) is 16.5. The lowest BCUT2D eigenvalue weighted by Crippen LogP contribution is -2.56. The second-order valence-corrected chi connectivity index (χ2v) is 13.5. The van der Waals surface area contributed by atoms with E-state index in [9.17, 15) is 22.8 Å². The zero-order valence-corrected chi connectivity index (χ0v) is 27.0. The van der Waals surface area contributed by atoms with Crippen molar-refractivity contribution >= 4 is 34.8 Å². The van der Waals surface area contributed by atoms with E-state index in [4.69, 9.17) is 4.98 Å². The molecule has 260 valence electrons. The van der Waals surface area contributed by atoms with Crippen molar-refractivity contribution in [3.05, 3.63) is 48.7 Å². The van der Waals surface area contributed by atoms with Gasteiger partial charge in [0.2, 0.25) is 17.8 Å². The van der Waals surface area contributed by atoms with Gasteiger partial charge in [0.05, 0.1) is 24.0 Å². The summed E-state index contributed by atoms with van der Waals surface area (Å²) in [4.78, 5) is 38.8. The Hall–Kier alpha value is -4.67. The molecule has 0 saturated carbocycles. The molecule has 4 aromatic heterocycles. The van der Waals surface area contributed by atoms with Crippen LogP contribution in [0.25, 0.3) is 5.65 Å². The molecule has 2 amide bonds. The molecule has 1 N–H and O–H groups in total. The number of hydrogen-bond donors (Lipinski definition) is 1. The molecule has 3 atom stereocenters. The van der Waals surface area contributed by atoms with Gasteiger partial charge in [-0.1, -0.05) is 0 Å². The molecule has 14 nitrogen and oxygen atoms in total. The smallest absolute Gasteiger partial charge is 0.364 e. The molecule has 49 heavy (non-hydrogen) atoms. The van der Waals surface area contributed by atoms with Crippen LogP contribution in [0.4, 0.5) is 30.5 Å². The van der Waals surface area contributed by atoms with Crippen molar-refractivity contribution in [3.8, 4) is 0 Å². The molecule has 3 fully saturated rings. The maximum atomic E-state index is 13.1. The Bertz CT molecular complexity index is 1810. The van der Waals surface area contributed by atoms with Gasteiger partial charge in [-0.3, -0.25) is 23.9 Å². The van der Waals surface area contributed by atoms with Gasteiger partial charge >= 0.3 is 6.18 Å². The first-order chi connectivity index (χ1) is 23.7. The quantitative estimate of drug-likeness (QED) is 0.299. The van der Waals surface area contributed by atoms with Gasteiger partial charge in [-0.15, -0.1) is 5.10 Å². The van der Waals surface area contributed by atoms with Crippen LogP contribution in [-0.4, -0.2) is 124 Å². The highest BCUT2D eigenvalue weighted by atomic mass is 19.4. The van der Waals surface area contributed by atoms with Crippen LogP contribution in [0.5, 0.6) is 0 Å². The third kappa shape index (κ3) is 6.55. The van der Waals surface area contributed by atoms with E-state index in [1.54, 1.807) is 32.7 Å². The van der Waals surface area contributed by atoms with Gasteiger partial charge in [0, 0.05) is 101 Å². The molecule has 4 aromatic rings. The molecular weight excluding hydrogens is 641 g/mol. The number of nitrogens with zero attached hydrogens (tertiary/aromatic N) is 11. The zero-order chi connectivity index (χ0) is 33.7. The van der Waals surface area contributed by atoms with E-state index in [1.807, 2.05) is 23.2 Å². The summed E-state index contributed by atoms with van der Waals surface area (Å²) >= 11 is 0. The molecule has 3 unspecified atom stereocenters. The van der Waals surface area contributed by atoms with Crippen molar-refractivity contribution in [2.45, 2.75) is 75.9 Å². The summed E-state index contributed by atoms with van der Waals surface area (Å²) in [5.41, 5.74) is 3.40. The second kappa shape index (κ2) is 12.7. The van der Waals surface area contributed by atoms with Gasteiger partial charge in [0.1, 0.15) is 6.54 Å². The summed E-state index contributed by atoms with van der Waals surface area (Å²) in [6.07, 6.45) is 4.71. The standard InChI is InChI=1S/C32H39F3N12O2/c33-32(34,35)8-5-28(48)47-25-3-4-26(47)20-43(19-25)27-2-1-10-46-30(27)39-31(40-46)38-22-17-37-44(18-22)21-29(49)42-14-12-41(13-15-42)23-7-11-45-24(16-23)6-9-36-45/h1-2,6,9-10,17-18,23,25-26H,3-5,7-8,11-16,19-21H2,(H,38,40). The Morgan fingerprint density at radius 1 is 0.939 bits per heavy atom. The van der Waals surface area contributed by atoms with E-state index >= 15 is 0 Å². The average molecular weight is 681 g/mol. The maximum Gasteiger partial charge on any atom is 0.389 e. The Morgan fingerprint density at radius 3 is 2.51 bits per heavy atom. The number of piperazine rings is 2. The van der Waals surface area contributed by atoms with Gasteiger partial charge in [-0.2, -0.15) is 28.4 Å². The fraction of sp³-hybridized carbons (Fsp3) is 0.562. The average Bonchev–Trinajstić information content (AvgIpc) is 3.88. The number of halogens is 3. The number of rotatable bonds is 8. The molecule has 0 spiro atoms. The predicted molar refractivity (Wildman–Crippen MR) is 172 cm³/mol. The Kier molecular flexibility index (Phi) is 8.16. The number of hydrogen-bond acceptors (Lipinski definition) is 9. The molecule has 2 bridgehead atoms. The highest BCUT2D eigenvalue weighted by molar-refractivity contribution is 5.79. The van der Waals surface area contributed by atoms with Crippen molar-refractivity contribution in [1.82, 2.24) is 48.9 Å². The number of nitrogens with one attached hydrogen (secondary N) is 1. The van der Waals surface area contributed by atoms with Crippen molar-refractivity contribution in [2.24, 2.45) is 0 Å². The maximum absolute atomic E-state index is 13.1. The van der Waals surface area contributed by atoms with E-state index < -0.39 is 24.9 Å². The van der Waals surface area contributed by atoms with Crippen LogP contribution in [0, 0.1) is 0 Å². The minimum absolute atomic E-state index is 0.0302. The van der Waals surface area contributed by atoms with Crippen LogP contribution in [-0.2, 0) is 29.1 Å². The fourth-order valence-corrected chi connectivity index (χ4v) is 7.96. The number of fused-ring (bicyclic) bond motifs is 4. The Balaban J connectivity index is 0.861. The molecule has 3 saturated heterocycles. The summed E-state index contributed by atoms with van der Waals surface area (Å²) in [5.74, 6) is -0.0299. The van der Waals surface area contributed by atoms with Crippen LogP contribution in [0.3, 0.4) is 0 Å². The topological polar surface area (TPSA) is 125 Å². The number of carbonyl (C=O) groups excluding carboxylic acids is 2. The first-order valence-electron chi connectivity index (χ1n) is 17.0. The summed E-state index contributed by atoms with van der Waals surface area (Å²) < 4.78 is 43.6. The number of carbonyl (C=O) groups is 2. The number of amides is 2. The summed E-state index contributed by atoms with van der Waals surface area (Å²) in [7, 11) is 0. The van der Waals surface area contributed by atoms with Crippen LogP contribution in [0.1, 0.15) is 37.8 Å². The molecule has 8 rings (SSSR count). The lowest BCUT2D eigenvalue weighted by molar-refractivity contribution is -0.151. The van der Waals surface area contributed by atoms with Crippen LogP contribution in [0.2, 0.25) is 0 Å². The second-order valence-electron chi connectivity index (χ2n) is 13.5. The molecule has 0 aromatic carbocycles. The number of alkyl halides is 3. The number of pyridine rings is 1. The molecule has 17 heteroatoms. The van der Waals surface area contributed by atoms with E-state index in [1.165, 1.54) is 5.69 Å². The molecule has 8 heterocycles. The predicted octanol–water partition coefficient (Wildman–Crippen LogP) is 2.55. The van der Waals surface area contributed by atoms with Crippen LogP contribution < -0.4 is 10.2 Å². The van der Waals surface area contributed by atoms with Crippen molar-refractivity contribution < 1.29 is 22.8 Å². The van der Waals surface area contributed by atoms with Gasteiger partial charge < -0.3 is 20.0 Å². The Labute approximate surface area is 280 Å². The van der Waals surface area contributed by atoms with Crippen LogP contribution in [0.15, 0.2) is 43.0 Å². The van der Waals surface area contributed by atoms with Crippen molar-refractivity contribution in [1.29, 1.82) is 0 Å². The van der Waals surface area contributed by atoms with Crippen LogP contribution >= 0.6 is 0 Å². The molecule has 4 aliphatic rings. The Morgan fingerprint density at radius 2 is 1.73 bits per heavy atom. The zero-order valence-electron chi connectivity index (χ0n) is 27.0. The molecule has 0 radical (unpaired) electrons. The molecular formula is C32H39F3N12O2. The largest absolute Gasteiger partial charge is 0.389 e. The highest BCUT2D eigenvalue weighted by Crippen LogP contribution is 2.35. The number of anilines is 3. The normalized spacial score (nSPS) is 22.9. The third-order valence-electron chi connectivity index (χ3n) is 10.4. The van der Waals surface area contributed by atoms with E-state index in [0.29, 0.717) is 49.5 Å². The number of aryl methyl sites for hydroxylation is 1. The van der Waals surface area contributed by atoms with Crippen molar-refractivity contribution in [3.63, 3.8) is 0 Å². The first kappa shape index (κ1) is 31.6. The first-order valence-corrected chi connectivity index (χ1v) is 17.0. The van der Waals surface area contributed by atoms with E-state index in [0.717, 1.165) is 51.0 Å². The van der Waals surface area contributed by atoms with E-state index in [2.05, 4.69) is 41.2 Å². The lowest BCUT2D eigenvalue weighted by atomic mass is 10.0. The SMILES string of the molecule is O=C(Cn1cc(Nc2nc3c(N4CC5CCC(C4)N5C(=O)CCC(F)(F)F)cccn3n2)cn1)N1CCN(C2CCn3nccc3C2)CC1. The minimum Gasteiger partial charge on any atom is -0.364 e. The van der Waals surface area contributed by atoms with Gasteiger partial charge in [-0.05, 0) is 37.5 Å². The fourth-order valence-electron chi connectivity index (χ4n) is 7.96. The van der Waals surface area contributed by atoms with Gasteiger partial charge in [-0.25, -0.2) is 4.52 Å². The van der Waals surface area contributed by atoms with Crippen molar-refractivity contribution in [2.75, 3.05) is 49.5 Å².